The van der Waals surface area contributed by atoms with Crippen LogP contribution in [0.5, 0.6) is 0 Å². The Morgan fingerprint density at radius 1 is 0.375 bits per heavy atom. The zero-order valence-corrected chi connectivity index (χ0v) is 27.2. The number of rotatable bonds is 5. The predicted molar refractivity (Wildman–Crippen MR) is 202 cm³/mol. The van der Waals surface area contributed by atoms with Crippen molar-refractivity contribution >= 4 is 53.9 Å². The van der Waals surface area contributed by atoms with Crippen LogP contribution in [-0.4, -0.2) is 15.0 Å². The fraction of sp³-hybridized carbons (Fsp3) is 0. The number of hydrogen-bond donors (Lipinski definition) is 0. The van der Waals surface area contributed by atoms with Gasteiger partial charge in [-0.25, -0.2) is 4.98 Å². The SMILES string of the molecule is Clc1nc(-c2cccc(-c3ccc4ccc(-c5ccccc5)cc4c3)c2)nc(-c2cccc3c2sc2c(-c4ccccc4)cccc23)n1. The molecule has 226 valence electrons. The Morgan fingerprint density at radius 2 is 0.917 bits per heavy atom. The highest BCUT2D eigenvalue weighted by Gasteiger charge is 2.17. The lowest BCUT2D eigenvalue weighted by Gasteiger charge is -2.09. The van der Waals surface area contributed by atoms with E-state index in [1.54, 1.807) is 11.3 Å². The third-order valence-corrected chi connectivity index (χ3v) is 10.3. The maximum Gasteiger partial charge on any atom is 0.226 e. The molecular weight excluding hydrogens is 626 g/mol. The van der Waals surface area contributed by atoms with E-state index in [0.717, 1.165) is 27.0 Å². The average Bonchev–Trinajstić information content (AvgIpc) is 3.54. The highest BCUT2D eigenvalue weighted by atomic mass is 35.5. The smallest absolute Gasteiger partial charge is 0.208 e. The van der Waals surface area contributed by atoms with Crippen LogP contribution in [0.25, 0.3) is 87.1 Å². The van der Waals surface area contributed by atoms with Crippen molar-refractivity contribution in [2.75, 3.05) is 0 Å². The van der Waals surface area contributed by atoms with E-state index in [4.69, 9.17) is 16.6 Å². The Bertz CT molecular complexity index is 2630. The summed E-state index contributed by atoms with van der Waals surface area (Å²) in [6.45, 7) is 0. The Labute approximate surface area is 286 Å². The normalized spacial score (nSPS) is 11.4. The van der Waals surface area contributed by atoms with Gasteiger partial charge in [-0.1, -0.05) is 133 Å². The monoisotopic (exact) mass is 651 g/mol. The summed E-state index contributed by atoms with van der Waals surface area (Å²) in [7, 11) is 0. The van der Waals surface area contributed by atoms with Crippen LogP contribution in [0.4, 0.5) is 0 Å². The summed E-state index contributed by atoms with van der Waals surface area (Å²) in [4.78, 5) is 14.2. The highest BCUT2D eigenvalue weighted by Crippen LogP contribution is 2.43. The lowest BCUT2D eigenvalue weighted by molar-refractivity contribution is 1.07. The second-order valence-corrected chi connectivity index (χ2v) is 13.2. The summed E-state index contributed by atoms with van der Waals surface area (Å²) in [5, 5.41) is 4.96. The Balaban J connectivity index is 1.12. The first-order valence-corrected chi connectivity index (χ1v) is 17.0. The van der Waals surface area contributed by atoms with Gasteiger partial charge in [0.05, 0.1) is 0 Å². The molecule has 0 N–H and O–H groups in total. The van der Waals surface area contributed by atoms with Crippen molar-refractivity contribution in [3.8, 4) is 56.2 Å². The van der Waals surface area contributed by atoms with Gasteiger partial charge in [-0.15, -0.1) is 11.3 Å². The van der Waals surface area contributed by atoms with Crippen LogP contribution in [-0.2, 0) is 0 Å². The van der Waals surface area contributed by atoms with Gasteiger partial charge < -0.3 is 0 Å². The minimum absolute atomic E-state index is 0.169. The fourth-order valence-corrected chi connectivity index (χ4v) is 8.02. The van der Waals surface area contributed by atoms with Gasteiger partial charge in [0.2, 0.25) is 5.28 Å². The first kappa shape index (κ1) is 28.5. The number of nitrogens with zero attached hydrogens (tertiary/aromatic N) is 3. The standard InChI is InChI=1S/C43H26ClN3S/c44-43-46-41(33-15-7-14-30(24-33)32-23-21-28-20-22-31(25-34(28)26-32)27-10-3-1-4-11-27)45-42(47-43)38-19-9-18-37-36-17-8-16-35(39(36)48-40(37)38)29-12-5-2-6-13-29/h1-26H. The van der Waals surface area contributed by atoms with E-state index in [1.165, 1.54) is 48.5 Å². The minimum atomic E-state index is 0.169. The molecule has 0 aliphatic rings. The molecule has 2 heterocycles. The molecule has 0 aliphatic heterocycles. The van der Waals surface area contributed by atoms with Gasteiger partial charge in [0.25, 0.3) is 0 Å². The molecule has 9 aromatic rings. The van der Waals surface area contributed by atoms with Gasteiger partial charge in [0.1, 0.15) is 0 Å². The summed E-state index contributed by atoms with van der Waals surface area (Å²) < 4.78 is 2.37. The predicted octanol–water partition coefficient (Wildman–Crippen LogP) is 12.4. The highest BCUT2D eigenvalue weighted by molar-refractivity contribution is 7.26. The summed E-state index contributed by atoms with van der Waals surface area (Å²) in [6.07, 6.45) is 0. The lowest BCUT2D eigenvalue weighted by atomic mass is 9.97. The molecule has 0 saturated heterocycles. The van der Waals surface area contributed by atoms with E-state index in [0.29, 0.717) is 11.6 Å². The Kier molecular flexibility index (Phi) is 7.04. The molecule has 0 bridgehead atoms. The Morgan fingerprint density at radius 3 is 1.65 bits per heavy atom. The van der Waals surface area contributed by atoms with Crippen LogP contribution in [0.3, 0.4) is 0 Å². The van der Waals surface area contributed by atoms with E-state index in [-0.39, 0.29) is 5.28 Å². The van der Waals surface area contributed by atoms with Gasteiger partial charge in [-0.3, -0.25) is 0 Å². The van der Waals surface area contributed by atoms with Crippen LogP contribution < -0.4 is 0 Å². The van der Waals surface area contributed by atoms with Gasteiger partial charge >= 0.3 is 0 Å². The first-order valence-electron chi connectivity index (χ1n) is 15.8. The number of benzene rings is 7. The number of hydrogen-bond acceptors (Lipinski definition) is 4. The molecule has 0 saturated carbocycles. The molecule has 3 nitrogen and oxygen atoms in total. The molecule has 0 amide bonds. The number of halogens is 1. The van der Waals surface area contributed by atoms with Gasteiger partial charge in [0.15, 0.2) is 11.6 Å². The van der Waals surface area contributed by atoms with Crippen LogP contribution in [0.2, 0.25) is 5.28 Å². The third kappa shape index (κ3) is 5.12. The van der Waals surface area contributed by atoms with E-state index < -0.39 is 0 Å². The Hall–Kier alpha value is -5.68. The maximum atomic E-state index is 6.61. The van der Waals surface area contributed by atoms with Crippen molar-refractivity contribution in [2.45, 2.75) is 0 Å². The fourth-order valence-electron chi connectivity index (χ4n) is 6.52. The van der Waals surface area contributed by atoms with E-state index in [1.807, 2.05) is 24.3 Å². The van der Waals surface area contributed by atoms with Gasteiger partial charge in [-0.05, 0) is 80.0 Å². The topological polar surface area (TPSA) is 38.7 Å². The lowest BCUT2D eigenvalue weighted by Crippen LogP contribution is -1.97. The van der Waals surface area contributed by atoms with Crippen molar-refractivity contribution in [1.82, 2.24) is 15.0 Å². The zero-order chi connectivity index (χ0) is 32.0. The molecule has 7 aromatic carbocycles. The molecule has 0 spiro atoms. The molecule has 0 radical (unpaired) electrons. The minimum Gasteiger partial charge on any atom is -0.208 e. The molecule has 2 aromatic heterocycles. The summed E-state index contributed by atoms with van der Waals surface area (Å²) >= 11 is 8.38. The molecular formula is C43H26ClN3S. The number of thiophene rings is 1. The third-order valence-electron chi connectivity index (χ3n) is 8.86. The van der Waals surface area contributed by atoms with Crippen molar-refractivity contribution in [2.24, 2.45) is 0 Å². The summed E-state index contributed by atoms with van der Waals surface area (Å²) in [5.41, 5.74) is 8.85. The summed E-state index contributed by atoms with van der Waals surface area (Å²) in [5.74, 6) is 1.11. The molecule has 0 aliphatic carbocycles. The number of aromatic nitrogens is 3. The molecule has 0 fully saturated rings. The summed E-state index contributed by atoms with van der Waals surface area (Å²) in [6, 6.07) is 55.4. The van der Waals surface area contributed by atoms with Crippen molar-refractivity contribution in [3.05, 3.63) is 163 Å². The zero-order valence-electron chi connectivity index (χ0n) is 25.6. The largest absolute Gasteiger partial charge is 0.226 e. The van der Waals surface area contributed by atoms with Crippen molar-refractivity contribution in [3.63, 3.8) is 0 Å². The quantitative estimate of drug-likeness (QED) is 0.186. The van der Waals surface area contributed by atoms with Gasteiger partial charge in [-0.2, -0.15) is 9.97 Å². The van der Waals surface area contributed by atoms with E-state index in [9.17, 15) is 0 Å². The average molecular weight is 652 g/mol. The maximum absolute atomic E-state index is 6.61. The van der Waals surface area contributed by atoms with Gasteiger partial charge in [0, 0.05) is 31.3 Å². The van der Waals surface area contributed by atoms with Crippen LogP contribution >= 0.6 is 22.9 Å². The van der Waals surface area contributed by atoms with Crippen molar-refractivity contribution in [1.29, 1.82) is 0 Å². The number of fused-ring (bicyclic) bond motifs is 4. The van der Waals surface area contributed by atoms with Crippen LogP contribution in [0.1, 0.15) is 0 Å². The molecule has 0 unspecified atom stereocenters. The molecule has 9 rings (SSSR count). The van der Waals surface area contributed by atoms with E-state index >= 15 is 0 Å². The molecule has 0 atom stereocenters. The first-order chi connectivity index (χ1) is 23.7. The molecule has 48 heavy (non-hydrogen) atoms. The second kappa shape index (κ2) is 11.8. The van der Waals surface area contributed by atoms with Crippen LogP contribution in [0.15, 0.2) is 158 Å². The van der Waals surface area contributed by atoms with E-state index in [2.05, 4.69) is 143 Å². The van der Waals surface area contributed by atoms with Crippen LogP contribution in [0, 0.1) is 0 Å². The second-order valence-electron chi connectivity index (χ2n) is 11.8. The van der Waals surface area contributed by atoms with Crippen molar-refractivity contribution < 1.29 is 0 Å². The molecule has 5 heteroatoms.